The molecule has 0 fully saturated rings. The van der Waals surface area contributed by atoms with Gasteiger partial charge in [0.15, 0.2) is 0 Å². The topological polar surface area (TPSA) is 0 Å². The Labute approximate surface area is 42.8 Å². The SMILES string of the molecule is CC(C)[CH]=[Zn]. The van der Waals surface area contributed by atoms with E-state index in [1.807, 2.05) is 0 Å². The van der Waals surface area contributed by atoms with E-state index in [4.69, 9.17) is 0 Å². The van der Waals surface area contributed by atoms with Crippen molar-refractivity contribution < 1.29 is 17.9 Å². The van der Waals surface area contributed by atoms with Crippen LogP contribution in [0, 0.1) is 5.92 Å². The Kier molecular flexibility index (Phi) is 2.98. The molecule has 0 aromatic rings. The van der Waals surface area contributed by atoms with Gasteiger partial charge in [-0.05, 0) is 0 Å². The minimum absolute atomic E-state index is 0.815. The van der Waals surface area contributed by atoms with Gasteiger partial charge in [0.1, 0.15) is 0 Å². The Bertz CT molecular complexity index is 30.6. The molecule has 0 aliphatic rings. The van der Waals surface area contributed by atoms with Crippen LogP contribution in [0.25, 0.3) is 0 Å². The number of hydrogen-bond acceptors (Lipinski definition) is 0. The van der Waals surface area contributed by atoms with Crippen molar-refractivity contribution in [2.75, 3.05) is 0 Å². The van der Waals surface area contributed by atoms with Crippen LogP contribution in [0.15, 0.2) is 0 Å². The van der Waals surface area contributed by atoms with E-state index in [1.54, 1.807) is 0 Å². The van der Waals surface area contributed by atoms with E-state index in [2.05, 4.69) is 18.5 Å². The molecular formula is C4H8Zn. The summed E-state index contributed by atoms with van der Waals surface area (Å²) >= 11 is 1.33. The molecule has 0 saturated carbocycles. The van der Waals surface area contributed by atoms with E-state index in [9.17, 15) is 0 Å². The third-order valence-electron chi connectivity index (χ3n) is 0.471. The molecule has 0 aromatic carbocycles. The van der Waals surface area contributed by atoms with Crippen molar-refractivity contribution >= 4 is 4.61 Å². The van der Waals surface area contributed by atoms with Crippen LogP contribution in [0.4, 0.5) is 0 Å². The average Bonchev–Trinajstić information content (AvgIpc) is 1.38. The quantitative estimate of drug-likeness (QED) is 0.454. The zero-order valence-electron chi connectivity index (χ0n) is 3.86. The molecule has 0 amide bonds. The normalized spacial score (nSPS) is 9.00. The summed E-state index contributed by atoms with van der Waals surface area (Å²) in [6.45, 7) is 4.40. The molecule has 0 aliphatic heterocycles. The van der Waals surface area contributed by atoms with Crippen LogP contribution < -0.4 is 0 Å². The van der Waals surface area contributed by atoms with Gasteiger partial charge in [-0.2, -0.15) is 0 Å². The molecule has 0 atom stereocenters. The number of hydrogen-bond donors (Lipinski definition) is 0. The molecule has 0 aromatic heterocycles. The van der Waals surface area contributed by atoms with Crippen LogP contribution in [0.1, 0.15) is 13.8 Å². The third kappa shape index (κ3) is 4.49. The standard InChI is InChI=1S/C4H8.Zn/c1-4(2)3;/h1,4H,2-3H3;. The van der Waals surface area contributed by atoms with Gasteiger partial charge in [0.2, 0.25) is 0 Å². The predicted octanol–water partition coefficient (Wildman–Crippen LogP) is 0.991. The molecule has 0 saturated heterocycles. The molecule has 0 nitrogen and oxygen atoms in total. The van der Waals surface area contributed by atoms with Crippen molar-refractivity contribution in [2.45, 2.75) is 13.8 Å². The summed E-state index contributed by atoms with van der Waals surface area (Å²) in [5.74, 6) is 0.815. The fourth-order valence-electron chi connectivity index (χ4n) is 0. The summed E-state index contributed by atoms with van der Waals surface area (Å²) in [5, 5.41) is 0. The van der Waals surface area contributed by atoms with Gasteiger partial charge in [-0.15, -0.1) is 0 Å². The van der Waals surface area contributed by atoms with Crippen LogP contribution >= 0.6 is 0 Å². The molecule has 5 heavy (non-hydrogen) atoms. The zero-order chi connectivity index (χ0) is 4.28. The van der Waals surface area contributed by atoms with Gasteiger partial charge in [-0.1, -0.05) is 0 Å². The van der Waals surface area contributed by atoms with Crippen molar-refractivity contribution in [3.63, 3.8) is 0 Å². The molecular weight excluding hydrogens is 113 g/mol. The van der Waals surface area contributed by atoms with Crippen LogP contribution in [0.3, 0.4) is 0 Å². The van der Waals surface area contributed by atoms with Crippen molar-refractivity contribution in [3.8, 4) is 0 Å². The number of rotatable bonds is 1. The fraction of sp³-hybridized carbons (Fsp3) is 0.750. The first-order valence-corrected chi connectivity index (χ1v) is 3.61. The first-order chi connectivity index (χ1) is 2.27. The predicted molar refractivity (Wildman–Crippen MR) is 20.9 cm³/mol. The van der Waals surface area contributed by atoms with E-state index in [1.165, 1.54) is 17.9 Å². The fourth-order valence-corrected chi connectivity index (χ4v) is 0. The Hall–Kier alpha value is 0.493. The van der Waals surface area contributed by atoms with Crippen molar-refractivity contribution in [2.24, 2.45) is 5.92 Å². The van der Waals surface area contributed by atoms with E-state index < -0.39 is 0 Å². The van der Waals surface area contributed by atoms with Crippen LogP contribution in [-0.4, -0.2) is 4.61 Å². The van der Waals surface area contributed by atoms with Gasteiger partial charge < -0.3 is 0 Å². The van der Waals surface area contributed by atoms with Gasteiger partial charge in [-0.3, -0.25) is 0 Å². The summed E-state index contributed by atoms with van der Waals surface area (Å²) < 4.78 is 2.29. The van der Waals surface area contributed by atoms with Crippen molar-refractivity contribution in [3.05, 3.63) is 0 Å². The summed E-state index contributed by atoms with van der Waals surface area (Å²) in [7, 11) is 0. The van der Waals surface area contributed by atoms with Crippen LogP contribution in [0.5, 0.6) is 0 Å². The van der Waals surface area contributed by atoms with E-state index in [0.29, 0.717) is 0 Å². The summed E-state index contributed by atoms with van der Waals surface area (Å²) in [6, 6.07) is 0. The Balaban J connectivity index is 2.83. The van der Waals surface area contributed by atoms with Gasteiger partial charge in [-0.25, -0.2) is 0 Å². The second-order valence-corrected chi connectivity index (χ2v) is 2.47. The summed E-state index contributed by atoms with van der Waals surface area (Å²) in [5.41, 5.74) is 0. The minimum atomic E-state index is 0.815. The molecule has 0 unspecified atom stereocenters. The Morgan fingerprint density at radius 3 is 1.80 bits per heavy atom. The maximum absolute atomic E-state index is 2.29. The first-order valence-electron chi connectivity index (χ1n) is 1.90. The monoisotopic (exact) mass is 120 g/mol. The van der Waals surface area contributed by atoms with Crippen LogP contribution in [-0.2, 0) is 17.9 Å². The second-order valence-electron chi connectivity index (χ2n) is 1.48. The van der Waals surface area contributed by atoms with Crippen LogP contribution in [0.2, 0.25) is 0 Å². The summed E-state index contributed by atoms with van der Waals surface area (Å²) in [4.78, 5) is 0. The average molecular weight is 121 g/mol. The molecule has 0 rings (SSSR count). The van der Waals surface area contributed by atoms with E-state index in [-0.39, 0.29) is 0 Å². The second kappa shape index (κ2) is 2.72. The van der Waals surface area contributed by atoms with Gasteiger partial charge in [0, 0.05) is 0 Å². The first kappa shape index (κ1) is 5.49. The van der Waals surface area contributed by atoms with Gasteiger partial charge in [0.05, 0.1) is 0 Å². The molecule has 0 bridgehead atoms. The van der Waals surface area contributed by atoms with E-state index >= 15 is 0 Å². The third-order valence-corrected chi connectivity index (χ3v) is 2.45. The molecule has 0 N–H and O–H groups in total. The Morgan fingerprint density at radius 2 is 1.80 bits per heavy atom. The molecule has 0 spiro atoms. The van der Waals surface area contributed by atoms with Crippen molar-refractivity contribution in [1.82, 2.24) is 0 Å². The molecule has 1 heteroatoms. The molecule has 0 radical (unpaired) electrons. The maximum atomic E-state index is 2.29. The van der Waals surface area contributed by atoms with Gasteiger partial charge in [0.25, 0.3) is 0 Å². The molecule has 0 aliphatic carbocycles. The zero-order valence-corrected chi connectivity index (χ0v) is 6.83. The molecule has 0 heterocycles. The van der Waals surface area contributed by atoms with Gasteiger partial charge >= 0.3 is 42.2 Å². The van der Waals surface area contributed by atoms with Crippen molar-refractivity contribution in [1.29, 1.82) is 0 Å². The molecule has 26 valence electrons. The van der Waals surface area contributed by atoms with E-state index in [0.717, 1.165) is 5.92 Å². The summed E-state index contributed by atoms with van der Waals surface area (Å²) in [6.07, 6.45) is 0. The Morgan fingerprint density at radius 1 is 1.60 bits per heavy atom.